The van der Waals surface area contributed by atoms with Crippen LogP contribution in [0.25, 0.3) is 10.9 Å². The molecule has 2 aromatic heterocycles. The lowest BCUT2D eigenvalue weighted by Crippen LogP contribution is -2.43. The third kappa shape index (κ3) is 5.69. The van der Waals surface area contributed by atoms with Crippen LogP contribution in [0.3, 0.4) is 0 Å². The Morgan fingerprint density at radius 2 is 1.76 bits per heavy atom. The van der Waals surface area contributed by atoms with Crippen molar-refractivity contribution in [3.63, 3.8) is 0 Å². The highest BCUT2D eigenvalue weighted by atomic mass is 16.3. The van der Waals surface area contributed by atoms with Gasteiger partial charge in [-0.05, 0) is 24.6 Å². The summed E-state index contributed by atoms with van der Waals surface area (Å²) in [6.07, 6.45) is 3.16. The van der Waals surface area contributed by atoms with Gasteiger partial charge >= 0.3 is 0 Å². The van der Waals surface area contributed by atoms with Gasteiger partial charge in [-0.1, -0.05) is 37.6 Å². The molecule has 10 heteroatoms. The Kier molecular flexibility index (Phi) is 7.71. The third-order valence-electron chi connectivity index (χ3n) is 6.28. The average Bonchev–Trinajstić information content (AvgIpc) is 2.83. The summed E-state index contributed by atoms with van der Waals surface area (Å²) < 4.78 is 1.41. The maximum absolute atomic E-state index is 13.3. The highest BCUT2D eigenvalue weighted by molar-refractivity contribution is 5.88. The van der Waals surface area contributed by atoms with Gasteiger partial charge in [-0.15, -0.1) is 0 Å². The number of hydrogen-bond donors (Lipinski definition) is 3. The van der Waals surface area contributed by atoms with Crippen molar-refractivity contribution in [1.29, 1.82) is 0 Å². The lowest BCUT2D eigenvalue weighted by Gasteiger charge is -2.32. The zero-order valence-corrected chi connectivity index (χ0v) is 19.9. The van der Waals surface area contributed by atoms with Gasteiger partial charge in [0.15, 0.2) is 0 Å². The lowest BCUT2D eigenvalue weighted by molar-refractivity contribution is 0.148. The van der Waals surface area contributed by atoms with Crippen molar-refractivity contribution < 1.29 is 5.11 Å². The molecule has 1 saturated heterocycles. The van der Waals surface area contributed by atoms with E-state index in [1.807, 2.05) is 19.1 Å². The number of fused-ring (bicyclic) bond motifs is 1. The number of nitrogens with zero attached hydrogens (tertiary/aromatic N) is 6. The van der Waals surface area contributed by atoms with Crippen LogP contribution in [-0.4, -0.2) is 80.5 Å². The summed E-state index contributed by atoms with van der Waals surface area (Å²) in [4.78, 5) is 26.6. The minimum Gasteiger partial charge on any atom is -0.394 e. The number of aliphatic hydroxyl groups is 1. The predicted molar refractivity (Wildman–Crippen MR) is 134 cm³/mol. The fourth-order valence-electron chi connectivity index (χ4n) is 4.26. The Morgan fingerprint density at radius 3 is 2.41 bits per heavy atom. The van der Waals surface area contributed by atoms with Crippen LogP contribution < -0.4 is 16.6 Å². The highest BCUT2D eigenvalue weighted by Crippen LogP contribution is 2.19. The van der Waals surface area contributed by atoms with E-state index in [1.165, 1.54) is 16.4 Å². The molecule has 0 spiro atoms. The Hall–Kier alpha value is -3.08. The minimum absolute atomic E-state index is 0.0538. The molecule has 10 nitrogen and oxygen atoms in total. The zero-order valence-electron chi connectivity index (χ0n) is 19.9. The van der Waals surface area contributed by atoms with Gasteiger partial charge < -0.3 is 21.1 Å². The summed E-state index contributed by atoms with van der Waals surface area (Å²) in [5.41, 5.74) is 8.18. The summed E-state index contributed by atoms with van der Waals surface area (Å²) in [5.74, 6) is 0.386. The maximum Gasteiger partial charge on any atom is 0.280 e. The molecular weight excluding hydrogens is 432 g/mol. The number of aromatic nitrogens is 4. The quantitative estimate of drug-likeness (QED) is 0.425. The van der Waals surface area contributed by atoms with E-state index in [0.29, 0.717) is 23.3 Å². The van der Waals surface area contributed by atoms with Crippen LogP contribution in [-0.2, 0) is 13.1 Å². The number of rotatable bonds is 9. The smallest absolute Gasteiger partial charge is 0.280 e. The molecule has 182 valence electrons. The number of piperazine rings is 1. The number of anilines is 2. The second-order valence-electron chi connectivity index (χ2n) is 9.01. The summed E-state index contributed by atoms with van der Waals surface area (Å²) in [6, 6.07) is 8.10. The monoisotopic (exact) mass is 466 g/mol. The molecule has 34 heavy (non-hydrogen) atoms. The van der Waals surface area contributed by atoms with Gasteiger partial charge in [0.25, 0.3) is 5.56 Å². The van der Waals surface area contributed by atoms with Crippen LogP contribution in [0.15, 0.2) is 35.3 Å². The molecule has 1 aromatic carbocycles. The van der Waals surface area contributed by atoms with Gasteiger partial charge in [0.1, 0.15) is 16.7 Å². The molecule has 4 N–H and O–H groups in total. The summed E-state index contributed by atoms with van der Waals surface area (Å²) in [5, 5.41) is 17.5. The second-order valence-corrected chi connectivity index (χ2v) is 9.01. The minimum atomic E-state index is -0.297. The zero-order chi connectivity index (χ0) is 24.1. The summed E-state index contributed by atoms with van der Waals surface area (Å²) >= 11 is 0. The molecule has 4 rings (SSSR count). The van der Waals surface area contributed by atoms with Crippen LogP contribution in [0.4, 0.5) is 11.8 Å². The molecule has 1 aliphatic heterocycles. The van der Waals surface area contributed by atoms with Crippen molar-refractivity contribution in [3.05, 3.63) is 51.9 Å². The Bertz CT molecular complexity index is 1160. The number of hydrogen-bond acceptors (Lipinski definition) is 9. The first-order valence-corrected chi connectivity index (χ1v) is 11.9. The Labute approximate surface area is 199 Å². The van der Waals surface area contributed by atoms with Gasteiger partial charge in [-0.3, -0.25) is 9.69 Å². The molecular formula is C24H34N8O2. The number of nitrogens with one attached hydrogen (secondary N) is 1. The van der Waals surface area contributed by atoms with Crippen molar-refractivity contribution in [3.8, 4) is 0 Å². The first kappa shape index (κ1) is 24.1. The van der Waals surface area contributed by atoms with Crippen LogP contribution in [0.1, 0.15) is 30.9 Å². The van der Waals surface area contributed by atoms with Crippen LogP contribution in [0.5, 0.6) is 0 Å². The molecule has 0 aliphatic carbocycles. The van der Waals surface area contributed by atoms with E-state index in [9.17, 15) is 9.90 Å². The normalized spacial score (nSPS) is 16.1. The lowest BCUT2D eigenvalue weighted by atomic mass is 10.1. The maximum atomic E-state index is 13.3. The summed E-state index contributed by atoms with van der Waals surface area (Å²) in [7, 11) is 2.16. The molecule has 1 fully saturated rings. The van der Waals surface area contributed by atoms with Gasteiger partial charge in [0.05, 0.1) is 25.4 Å². The van der Waals surface area contributed by atoms with Gasteiger partial charge in [-0.2, -0.15) is 10.1 Å². The Balaban J connectivity index is 1.54. The van der Waals surface area contributed by atoms with Crippen molar-refractivity contribution in [2.24, 2.45) is 0 Å². The van der Waals surface area contributed by atoms with Crippen LogP contribution >= 0.6 is 0 Å². The molecule has 3 aromatic rings. The average molecular weight is 467 g/mol. The molecule has 0 bridgehead atoms. The molecule has 0 saturated carbocycles. The molecule has 1 atom stereocenters. The molecule has 3 heterocycles. The number of aliphatic hydroxyl groups excluding tert-OH is 1. The first-order chi connectivity index (χ1) is 16.5. The number of nitrogen functional groups attached to an aromatic ring is 1. The summed E-state index contributed by atoms with van der Waals surface area (Å²) in [6.45, 7) is 7.57. The van der Waals surface area contributed by atoms with Crippen LogP contribution in [0.2, 0.25) is 0 Å². The van der Waals surface area contributed by atoms with Gasteiger partial charge in [-0.25, -0.2) is 9.67 Å². The number of likely N-dealkylation sites (N-methyl/N-ethyl adjacent to an activating group) is 1. The first-order valence-electron chi connectivity index (χ1n) is 11.9. The van der Waals surface area contributed by atoms with E-state index in [4.69, 9.17) is 5.73 Å². The van der Waals surface area contributed by atoms with Gasteiger partial charge in [0, 0.05) is 32.7 Å². The fraction of sp³-hybridized carbons (Fsp3) is 0.500. The Morgan fingerprint density at radius 1 is 1.09 bits per heavy atom. The largest absolute Gasteiger partial charge is 0.394 e. The van der Waals surface area contributed by atoms with Crippen molar-refractivity contribution in [2.45, 2.75) is 38.9 Å². The number of benzene rings is 1. The van der Waals surface area contributed by atoms with E-state index in [1.54, 1.807) is 0 Å². The second kappa shape index (κ2) is 10.9. The van der Waals surface area contributed by atoms with E-state index in [-0.39, 0.29) is 24.2 Å². The highest BCUT2D eigenvalue weighted by Gasteiger charge is 2.17. The van der Waals surface area contributed by atoms with E-state index >= 15 is 0 Å². The third-order valence-corrected chi connectivity index (χ3v) is 6.28. The molecule has 1 aliphatic rings. The van der Waals surface area contributed by atoms with Crippen molar-refractivity contribution in [1.82, 2.24) is 29.5 Å². The molecule has 0 radical (unpaired) electrons. The van der Waals surface area contributed by atoms with Crippen molar-refractivity contribution in [2.75, 3.05) is 50.9 Å². The van der Waals surface area contributed by atoms with E-state index < -0.39 is 0 Å². The van der Waals surface area contributed by atoms with E-state index in [0.717, 1.165) is 51.1 Å². The van der Waals surface area contributed by atoms with Gasteiger partial charge in [0.2, 0.25) is 5.95 Å². The number of nitrogens with two attached hydrogens (primary N) is 1. The van der Waals surface area contributed by atoms with Crippen molar-refractivity contribution >= 4 is 22.7 Å². The topological polar surface area (TPSA) is 125 Å². The van der Waals surface area contributed by atoms with E-state index in [2.05, 4.69) is 49.4 Å². The standard InChI is InChI=1S/C24H34N8O2/c1-3-4-19(16-33)27-22-21-20(28-24(25)29-22)13-26-32(23(21)34)15-18-7-5-17(6-8-18)14-31-11-9-30(2)10-12-31/h5-8,13,19,33H,3-4,9-12,14-16H2,1-2H3,(H3,25,27,28,29)/t19-/m0/s1. The fourth-order valence-corrected chi connectivity index (χ4v) is 4.26. The van der Waals surface area contributed by atoms with Crippen LogP contribution in [0, 0.1) is 0 Å². The SMILES string of the molecule is CCC[C@@H](CO)Nc1nc(N)nc2cnn(Cc3ccc(CN4CCN(C)CC4)cc3)c(=O)c12. The molecule has 0 amide bonds. The predicted octanol–water partition coefficient (Wildman–Crippen LogP) is 1.14. The molecule has 0 unspecified atom stereocenters.